The second-order valence-electron chi connectivity index (χ2n) is 3.76. The van der Waals surface area contributed by atoms with Gasteiger partial charge < -0.3 is 16.0 Å². The molecule has 0 aromatic carbocycles. The minimum absolute atomic E-state index is 0.00843. The molecule has 0 fully saturated rings. The number of hydrogen-bond acceptors (Lipinski definition) is 7. The van der Waals surface area contributed by atoms with Crippen LogP contribution in [0.4, 0.5) is 10.8 Å². The maximum absolute atomic E-state index is 11.6. The summed E-state index contributed by atoms with van der Waals surface area (Å²) in [5, 5.41) is 3.06. The van der Waals surface area contributed by atoms with Gasteiger partial charge in [0, 0.05) is 19.8 Å². The van der Waals surface area contributed by atoms with Gasteiger partial charge in [-0.3, -0.25) is 4.79 Å². The Morgan fingerprint density at radius 2 is 2.17 bits per heavy atom. The molecule has 1 aromatic rings. The van der Waals surface area contributed by atoms with Gasteiger partial charge in [-0.2, -0.15) is 4.37 Å². The topological polar surface area (TPSA) is 105 Å². The van der Waals surface area contributed by atoms with Crippen molar-refractivity contribution in [1.29, 1.82) is 0 Å². The first-order valence-electron chi connectivity index (χ1n) is 5.20. The number of rotatable bonds is 5. The molecule has 0 radical (unpaired) electrons. The van der Waals surface area contributed by atoms with E-state index in [2.05, 4.69) is 9.69 Å². The molecule has 0 spiro atoms. The van der Waals surface area contributed by atoms with Crippen molar-refractivity contribution in [2.45, 2.75) is 11.8 Å². The van der Waals surface area contributed by atoms with Crippen LogP contribution < -0.4 is 11.1 Å². The highest BCUT2D eigenvalue weighted by Gasteiger charge is 2.21. The Labute approximate surface area is 110 Å². The smallest absolute Gasteiger partial charge is 0.241 e. The third-order valence-corrected chi connectivity index (χ3v) is 4.45. The number of nitrogens with one attached hydrogen (secondary N) is 1. The molecule has 3 N–H and O–H groups in total. The van der Waals surface area contributed by atoms with Crippen LogP contribution >= 0.6 is 11.5 Å². The van der Waals surface area contributed by atoms with Gasteiger partial charge in [0.25, 0.3) is 0 Å². The molecule has 9 heteroatoms. The molecule has 0 saturated carbocycles. The summed E-state index contributed by atoms with van der Waals surface area (Å²) in [6.45, 7) is 2.45. The molecule has 0 aliphatic heterocycles. The van der Waals surface area contributed by atoms with E-state index in [0.29, 0.717) is 11.5 Å². The normalized spacial score (nSPS) is 11.3. The lowest BCUT2D eigenvalue weighted by Crippen LogP contribution is -2.31. The molecule has 0 bridgehead atoms. The third kappa shape index (κ3) is 3.33. The van der Waals surface area contributed by atoms with Gasteiger partial charge in [-0.05, 0) is 18.5 Å². The highest BCUT2D eigenvalue weighted by molar-refractivity contribution is 7.91. The van der Waals surface area contributed by atoms with Crippen LogP contribution in [0.5, 0.6) is 0 Å². The molecule has 102 valence electrons. The van der Waals surface area contributed by atoms with E-state index in [0.717, 1.165) is 17.8 Å². The summed E-state index contributed by atoms with van der Waals surface area (Å²) in [6, 6.07) is 0. The molecular weight excluding hydrogens is 276 g/mol. The zero-order valence-corrected chi connectivity index (χ0v) is 12.1. The van der Waals surface area contributed by atoms with Crippen LogP contribution in [0, 0.1) is 0 Å². The summed E-state index contributed by atoms with van der Waals surface area (Å²) in [4.78, 5) is 13.1. The van der Waals surface area contributed by atoms with E-state index in [-0.39, 0.29) is 23.2 Å². The van der Waals surface area contributed by atoms with Crippen molar-refractivity contribution in [3.63, 3.8) is 0 Å². The number of nitrogen functional groups attached to an aromatic ring is 1. The third-order valence-electron chi connectivity index (χ3n) is 2.35. The molecule has 0 aliphatic carbocycles. The Morgan fingerprint density at radius 3 is 2.67 bits per heavy atom. The predicted octanol–water partition coefficient (Wildman–Crippen LogP) is 0.0190. The zero-order valence-electron chi connectivity index (χ0n) is 10.4. The summed E-state index contributed by atoms with van der Waals surface area (Å²) < 4.78 is 26.8. The fourth-order valence-electron chi connectivity index (χ4n) is 1.23. The number of amides is 1. The predicted molar refractivity (Wildman–Crippen MR) is 71.4 cm³/mol. The van der Waals surface area contributed by atoms with Crippen LogP contribution in [-0.2, 0) is 14.6 Å². The van der Waals surface area contributed by atoms with E-state index in [9.17, 15) is 13.2 Å². The van der Waals surface area contributed by atoms with Gasteiger partial charge in [0.15, 0.2) is 15.7 Å². The Morgan fingerprint density at radius 1 is 1.56 bits per heavy atom. The van der Waals surface area contributed by atoms with E-state index >= 15 is 0 Å². The van der Waals surface area contributed by atoms with Crippen molar-refractivity contribution >= 4 is 38.1 Å². The van der Waals surface area contributed by atoms with Crippen LogP contribution in [0.1, 0.15) is 6.92 Å². The van der Waals surface area contributed by atoms with Crippen LogP contribution in [0.2, 0.25) is 0 Å². The second-order valence-corrected chi connectivity index (χ2v) is 6.49. The van der Waals surface area contributed by atoms with E-state index in [1.807, 2.05) is 6.92 Å². The average Bonchev–Trinajstić information content (AvgIpc) is 2.65. The average molecular weight is 292 g/mol. The number of carbonyl (C=O) groups is 1. The summed E-state index contributed by atoms with van der Waals surface area (Å²) in [5.74, 6) is -0.176. The standard InChI is InChI=1S/C9H16N4O3S2/c1-4-13(2)6(14)5-11-9-7(18(3,15)16)8(10)12-17-9/h11H,4-5H2,1-3H3,(H2,10,12). The number of aromatic nitrogens is 1. The molecule has 0 saturated heterocycles. The minimum atomic E-state index is -3.46. The quantitative estimate of drug-likeness (QED) is 0.792. The van der Waals surface area contributed by atoms with E-state index in [1.165, 1.54) is 4.90 Å². The highest BCUT2D eigenvalue weighted by atomic mass is 32.2. The lowest BCUT2D eigenvalue weighted by molar-refractivity contribution is -0.127. The molecule has 0 atom stereocenters. The fourth-order valence-corrected chi connectivity index (χ4v) is 3.30. The molecule has 1 aromatic heterocycles. The lowest BCUT2D eigenvalue weighted by atomic mass is 10.5. The van der Waals surface area contributed by atoms with Gasteiger partial charge in [0.1, 0.15) is 9.90 Å². The number of carbonyl (C=O) groups excluding carboxylic acids is 1. The maximum atomic E-state index is 11.6. The number of sulfone groups is 1. The van der Waals surface area contributed by atoms with Crippen molar-refractivity contribution in [3.8, 4) is 0 Å². The summed E-state index contributed by atoms with van der Waals surface area (Å²) in [7, 11) is -1.79. The molecule has 1 amide bonds. The largest absolute Gasteiger partial charge is 0.382 e. The first-order valence-corrected chi connectivity index (χ1v) is 7.86. The Balaban J connectivity index is 2.85. The van der Waals surface area contributed by atoms with E-state index in [1.54, 1.807) is 7.05 Å². The molecule has 18 heavy (non-hydrogen) atoms. The van der Waals surface area contributed by atoms with Crippen LogP contribution in [0.3, 0.4) is 0 Å². The first kappa shape index (κ1) is 14.7. The molecule has 0 unspecified atom stereocenters. The summed E-state index contributed by atoms with van der Waals surface area (Å²) in [5.41, 5.74) is 5.50. The van der Waals surface area contributed by atoms with Gasteiger partial charge in [-0.25, -0.2) is 8.42 Å². The number of hydrogen-bond donors (Lipinski definition) is 2. The molecule has 1 heterocycles. The van der Waals surface area contributed by atoms with Crippen molar-refractivity contribution < 1.29 is 13.2 Å². The van der Waals surface area contributed by atoms with Gasteiger partial charge in [-0.15, -0.1) is 0 Å². The fraction of sp³-hybridized carbons (Fsp3) is 0.556. The first-order chi connectivity index (χ1) is 8.27. The van der Waals surface area contributed by atoms with Crippen molar-refractivity contribution in [1.82, 2.24) is 9.27 Å². The number of nitrogens with zero attached hydrogens (tertiary/aromatic N) is 2. The van der Waals surface area contributed by atoms with Crippen LogP contribution in [0.15, 0.2) is 4.90 Å². The van der Waals surface area contributed by atoms with Crippen molar-refractivity contribution in [2.24, 2.45) is 0 Å². The van der Waals surface area contributed by atoms with E-state index in [4.69, 9.17) is 5.73 Å². The van der Waals surface area contributed by atoms with Crippen molar-refractivity contribution in [3.05, 3.63) is 0 Å². The highest BCUT2D eigenvalue weighted by Crippen LogP contribution is 2.30. The number of likely N-dealkylation sites (N-methyl/N-ethyl adjacent to an activating group) is 1. The second kappa shape index (κ2) is 5.53. The van der Waals surface area contributed by atoms with Gasteiger partial charge >= 0.3 is 0 Å². The Hall–Kier alpha value is -1.35. The summed E-state index contributed by atoms with van der Waals surface area (Å²) >= 11 is 0.928. The Kier molecular flexibility index (Phi) is 4.52. The number of anilines is 2. The van der Waals surface area contributed by atoms with Gasteiger partial charge in [0.2, 0.25) is 5.91 Å². The molecule has 0 aliphatic rings. The van der Waals surface area contributed by atoms with Crippen LogP contribution in [-0.4, -0.2) is 50.0 Å². The Bertz CT molecular complexity index is 538. The van der Waals surface area contributed by atoms with Gasteiger partial charge in [0.05, 0.1) is 6.54 Å². The monoisotopic (exact) mass is 292 g/mol. The molecular formula is C9H16N4O3S2. The van der Waals surface area contributed by atoms with Crippen molar-refractivity contribution in [2.75, 3.05) is 37.4 Å². The maximum Gasteiger partial charge on any atom is 0.241 e. The SMILES string of the molecule is CCN(C)C(=O)CNc1snc(N)c1S(C)(=O)=O. The van der Waals surface area contributed by atoms with Crippen LogP contribution in [0.25, 0.3) is 0 Å². The zero-order chi connectivity index (χ0) is 13.9. The lowest BCUT2D eigenvalue weighted by Gasteiger charge is -2.14. The number of nitrogens with two attached hydrogens (primary N) is 1. The summed E-state index contributed by atoms with van der Waals surface area (Å²) in [6.07, 6.45) is 1.05. The van der Waals surface area contributed by atoms with E-state index < -0.39 is 9.84 Å². The molecule has 7 nitrogen and oxygen atoms in total. The van der Waals surface area contributed by atoms with Gasteiger partial charge in [-0.1, -0.05) is 0 Å². The minimum Gasteiger partial charge on any atom is -0.382 e. The molecule has 1 rings (SSSR count).